The molecule has 0 aliphatic carbocycles. The first-order chi connectivity index (χ1) is 9.13. The minimum atomic E-state index is 0.491. The third kappa shape index (κ3) is 2.77. The average Bonchev–Trinajstić information content (AvgIpc) is 2.73. The highest BCUT2D eigenvalue weighted by Gasteiger charge is 2.39. The molecule has 1 aromatic heterocycles. The Morgan fingerprint density at radius 3 is 2.58 bits per heavy atom. The largest absolute Gasteiger partial charge is 0.300 e. The van der Waals surface area contributed by atoms with Crippen molar-refractivity contribution in [3.8, 4) is 0 Å². The van der Waals surface area contributed by atoms with Gasteiger partial charge < -0.3 is 0 Å². The molecule has 2 aliphatic heterocycles. The van der Waals surface area contributed by atoms with Crippen LogP contribution in [0.2, 0.25) is 0 Å². The zero-order valence-electron chi connectivity index (χ0n) is 11.9. The van der Waals surface area contributed by atoms with Crippen LogP contribution in [0.25, 0.3) is 0 Å². The van der Waals surface area contributed by atoms with Gasteiger partial charge in [0.2, 0.25) is 0 Å². The van der Waals surface area contributed by atoms with Crippen molar-refractivity contribution in [2.75, 3.05) is 0 Å². The number of aryl methyl sites for hydroxylation is 1. The molecule has 3 unspecified atom stereocenters. The molecule has 1 aromatic rings. The molecule has 0 aromatic carbocycles. The van der Waals surface area contributed by atoms with Crippen LogP contribution in [0.4, 0.5) is 0 Å². The molecule has 2 bridgehead atoms. The predicted molar refractivity (Wildman–Crippen MR) is 79.7 cm³/mol. The summed E-state index contributed by atoms with van der Waals surface area (Å²) in [5.74, 6) is 0.491. The average molecular weight is 277 g/mol. The molecular formula is C16H23NOS. The minimum Gasteiger partial charge on any atom is -0.300 e. The third-order valence-corrected chi connectivity index (χ3v) is 5.67. The van der Waals surface area contributed by atoms with E-state index in [0.29, 0.717) is 23.9 Å². The standard InChI is InChI=1S/C16H23NOS/c1-11(8-16-7-6-12(2)19-16)17-13-4-3-5-14(17)10-15(18)9-13/h6-7,11,13-14H,3-5,8-10H2,1-2H3. The van der Waals surface area contributed by atoms with Crippen LogP contribution in [0.5, 0.6) is 0 Å². The molecule has 0 spiro atoms. The lowest BCUT2D eigenvalue weighted by atomic mass is 9.82. The number of Topliss-reactive ketones (excluding diaryl/α,β-unsaturated/α-hetero) is 1. The molecule has 19 heavy (non-hydrogen) atoms. The summed E-state index contributed by atoms with van der Waals surface area (Å²) in [4.78, 5) is 17.3. The van der Waals surface area contributed by atoms with Crippen LogP contribution >= 0.6 is 11.3 Å². The molecule has 3 heteroatoms. The van der Waals surface area contributed by atoms with Gasteiger partial charge in [-0.15, -0.1) is 11.3 Å². The fourth-order valence-electron chi connectivity index (χ4n) is 3.92. The first-order valence-electron chi connectivity index (χ1n) is 7.48. The summed E-state index contributed by atoms with van der Waals surface area (Å²) < 4.78 is 0. The zero-order valence-corrected chi connectivity index (χ0v) is 12.7. The smallest absolute Gasteiger partial charge is 0.136 e. The van der Waals surface area contributed by atoms with E-state index in [1.54, 1.807) is 0 Å². The Balaban J connectivity index is 1.71. The second-order valence-electron chi connectivity index (χ2n) is 6.20. The van der Waals surface area contributed by atoms with Gasteiger partial charge in [0.25, 0.3) is 0 Å². The Hall–Kier alpha value is -0.670. The SMILES string of the molecule is Cc1ccc(CC(C)N2C3CCCC2CC(=O)C3)s1. The number of ketones is 1. The van der Waals surface area contributed by atoms with Gasteiger partial charge in [0.15, 0.2) is 0 Å². The Labute approximate surface area is 119 Å². The quantitative estimate of drug-likeness (QED) is 0.842. The molecular weight excluding hydrogens is 254 g/mol. The van der Waals surface area contributed by atoms with Crippen molar-refractivity contribution in [3.63, 3.8) is 0 Å². The van der Waals surface area contributed by atoms with Gasteiger partial charge in [-0.3, -0.25) is 9.69 Å². The first kappa shape index (κ1) is 13.3. The van der Waals surface area contributed by atoms with E-state index in [0.717, 1.165) is 19.3 Å². The molecule has 104 valence electrons. The fourth-order valence-corrected chi connectivity index (χ4v) is 4.93. The molecule has 0 amide bonds. The number of nitrogens with zero attached hydrogens (tertiary/aromatic N) is 1. The van der Waals surface area contributed by atoms with E-state index in [9.17, 15) is 4.79 Å². The molecule has 0 radical (unpaired) electrons. The van der Waals surface area contributed by atoms with Crippen LogP contribution in [-0.2, 0) is 11.2 Å². The number of carbonyl (C=O) groups is 1. The zero-order chi connectivity index (χ0) is 13.4. The van der Waals surface area contributed by atoms with E-state index in [1.165, 1.54) is 29.0 Å². The van der Waals surface area contributed by atoms with Gasteiger partial charge in [-0.1, -0.05) is 6.42 Å². The van der Waals surface area contributed by atoms with Crippen molar-refractivity contribution >= 4 is 17.1 Å². The summed E-state index contributed by atoms with van der Waals surface area (Å²) in [6.07, 6.45) is 6.48. The summed E-state index contributed by atoms with van der Waals surface area (Å²) in [7, 11) is 0. The van der Waals surface area contributed by atoms with E-state index in [2.05, 4.69) is 30.9 Å². The molecule has 0 N–H and O–H groups in total. The van der Waals surface area contributed by atoms with Gasteiger partial charge in [-0.05, 0) is 45.2 Å². The summed E-state index contributed by atoms with van der Waals surface area (Å²) >= 11 is 1.92. The maximum atomic E-state index is 11.8. The Morgan fingerprint density at radius 1 is 1.32 bits per heavy atom. The van der Waals surface area contributed by atoms with Gasteiger partial charge in [-0.2, -0.15) is 0 Å². The Morgan fingerprint density at radius 2 is 2.00 bits per heavy atom. The monoisotopic (exact) mass is 277 g/mol. The van der Waals surface area contributed by atoms with Crippen molar-refractivity contribution in [1.29, 1.82) is 0 Å². The lowest BCUT2D eigenvalue weighted by Gasteiger charge is -2.48. The Kier molecular flexibility index (Phi) is 3.77. The van der Waals surface area contributed by atoms with Crippen molar-refractivity contribution in [1.82, 2.24) is 4.90 Å². The first-order valence-corrected chi connectivity index (χ1v) is 8.29. The number of thiophene rings is 1. The highest BCUT2D eigenvalue weighted by Crippen LogP contribution is 2.35. The molecule has 2 fully saturated rings. The third-order valence-electron chi connectivity index (χ3n) is 4.65. The summed E-state index contributed by atoms with van der Waals surface area (Å²) in [5.41, 5.74) is 0. The highest BCUT2D eigenvalue weighted by atomic mass is 32.1. The molecule has 2 aliphatic rings. The molecule has 0 saturated carbocycles. The highest BCUT2D eigenvalue weighted by molar-refractivity contribution is 7.11. The van der Waals surface area contributed by atoms with Crippen molar-refractivity contribution in [2.45, 2.75) is 70.5 Å². The van der Waals surface area contributed by atoms with Crippen molar-refractivity contribution < 1.29 is 4.79 Å². The maximum absolute atomic E-state index is 11.8. The van der Waals surface area contributed by atoms with Crippen LogP contribution in [0, 0.1) is 6.92 Å². The Bertz CT molecular complexity index is 451. The van der Waals surface area contributed by atoms with Gasteiger partial charge in [0, 0.05) is 40.7 Å². The van der Waals surface area contributed by atoms with Gasteiger partial charge >= 0.3 is 0 Å². The predicted octanol–water partition coefficient (Wildman–Crippen LogP) is 3.57. The summed E-state index contributed by atoms with van der Waals surface area (Å²) in [6.45, 7) is 4.52. The molecule has 2 nitrogen and oxygen atoms in total. The van der Waals surface area contributed by atoms with Gasteiger partial charge in [0.1, 0.15) is 5.78 Å². The van der Waals surface area contributed by atoms with E-state index in [-0.39, 0.29) is 0 Å². The lowest BCUT2D eigenvalue weighted by Crippen LogP contribution is -2.56. The second-order valence-corrected chi connectivity index (χ2v) is 7.57. The number of hydrogen-bond donors (Lipinski definition) is 0. The maximum Gasteiger partial charge on any atom is 0.136 e. The van der Waals surface area contributed by atoms with E-state index < -0.39 is 0 Å². The topological polar surface area (TPSA) is 20.3 Å². The lowest BCUT2D eigenvalue weighted by molar-refractivity contribution is -0.128. The van der Waals surface area contributed by atoms with E-state index in [1.807, 2.05) is 11.3 Å². The molecule has 3 rings (SSSR count). The number of carbonyl (C=O) groups excluding carboxylic acids is 1. The minimum absolute atomic E-state index is 0.491. The molecule has 3 heterocycles. The van der Waals surface area contributed by atoms with Gasteiger partial charge in [-0.25, -0.2) is 0 Å². The number of fused-ring (bicyclic) bond motifs is 2. The van der Waals surface area contributed by atoms with Crippen LogP contribution in [0.3, 0.4) is 0 Å². The van der Waals surface area contributed by atoms with Crippen LogP contribution in [0.15, 0.2) is 12.1 Å². The fraction of sp³-hybridized carbons (Fsp3) is 0.688. The van der Waals surface area contributed by atoms with Crippen molar-refractivity contribution in [2.24, 2.45) is 0 Å². The van der Waals surface area contributed by atoms with Crippen LogP contribution in [0.1, 0.15) is 48.8 Å². The summed E-state index contributed by atoms with van der Waals surface area (Å²) in [5, 5.41) is 0. The second kappa shape index (κ2) is 5.37. The number of rotatable bonds is 3. The molecule has 2 saturated heterocycles. The van der Waals surface area contributed by atoms with E-state index in [4.69, 9.17) is 0 Å². The van der Waals surface area contributed by atoms with Gasteiger partial charge in [0.05, 0.1) is 0 Å². The van der Waals surface area contributed by atoms with E-state index >= 15 is 0 Å². The molecule has 3 atom stereocenters. The number of hydrogen-bond acceptors (Lipinski definition) is 3. The summed E-state index contributed by atoms with van der Waals surface area (Å²) in [6, 6.07) is 6.10. The number of piperidine rings is 2. The normalized spacial score (nSPS) is 29.5. The van der Waals surface area contributed by atoms with Crippen LogP contribution < -0.4 is 0 Å². The van der Waals surface area contributed by atoms with Crippen LogP contribution in [-0.4, -0.2) is 28.8 Å². The van der Waals surface area contributed by atoms with Crippen molar-refractivity contribution in [3.05, 3.63) is 21.9 Å².